The maximum atomic E-state index is 11.2. The van der Waals surface area contributed by atoms with Crippen molar-refractivity contribution in [1.29, 1.82) is 0 Å². The topological polar surface area (TPSA) is 81.5 Å². The highest BCUT2D eigenvalue weighted by Gasteiger charge is 2.13. The van der Waals surface area contributed by atoms with Crippen molar-refractivity contribution in [3.8, 4) is 5.75 Å². The van der Waals surface area contributed by atoms with E-state index in [9.17, 15) is 14.9 Å². The second kappa shape index (κ2) is 6.91. The number of nitro benzene ring substituents is 1. The number of ether oxygens (including phenoxy) is 1. The number of carbonyl (C=O) groups excluding carboxylic acids is 1. The first-order valence-corrected chi connectivity index (χ1v) is 6.77. The normalized spacial score (nSPS) is 10.1. The first-order chi connectivity index (χ1) is 10.5. The van der Waals surface area contributed by atoms with Crippen LogP contribution in [0.3, 0.4) is 0 Å². The second-order valence-electron chi connectivity index (χ2n) is 4.50. The predicted molar refractivity (Wildman–Crippen MR) is 83.2 cm³/mol. The summed E-state index contributed by atoms with van der Waals surface area (Å²) in [4.78, 5) is 21.5. The first kappa shape index (κ1) is 15.8. The maximum absolute atomic E-state index is 11.2. The van der Waals surface area contributed by atoms with Gasteiger partial charge in [0.25, 0.3) is 5.69 Å². The molecule has 0 unspecified atom stereocenters. The molecule has 2 rings (SSSR count). The standard InChI is InChI=1S/C15H13ClN2O4/c1-10(19)17-14-7-6-12(18(20)21)8-15(14)22-9-11-4-2-3-5-13(11)16/h2-8H,9H2,1H3,(H,17,19). The van der Waals surface area contributed by atoms with Crippen molar-refractivity contribution < 1.29 is 14.5 Å². The Bertz CT molecular complexity index is 718. The zero-order chi connectivity index (χ0) is 16.1. The Hall–Kier alpha value is -2.60. The van der Waals surface area contributed by atoms with Crippen LogP contribution in [-0.2, 0) is 11.4 Å². The van der Waals surface area contributed by atoms with Crippen LogP contribution in [-0.4, -0.2) is 10.8 Å². The molecule has 0 saturated heterocycles. The van der Waals surface area contributed by atoms with Crippen LogP contribution in [0.4, 0.5) is 11.4 Å². The Kier molecular flexibility index (Phi) is 4.95. The highest BCUT2D eigenvalue weighted by Crippen LogP contribution is 2.30. The average Bonchev–Trinajstić information content (AvgIpc) is 2.47. The molecule has 0 bridgehead atoms. The van der Waals surface area contributed by atoms with Crippen molar-refractivity contribution in [3.05, 3.63) is 63.2 Å². The van der Waals surface area contributed by atoms with Gasteiger partial charge in [-0.05, 0) is 12.1 Å². The number of non-ortho nitro benzene ring substituents is 1. The van der Waals surface area contributed by atoms with E-state index in [0.717, 1.165) is 5.56 Å². The number of nitrogens with zero attached hydrogens (tertiary/aromatic N) is 1. The highest BCUT2D eigenvalue weighted by molar-refractivity contribution is 6.31. The monoisotopic (exact) mass is 320 g/mol. The van der Waals surface area contributed by atoms with Crippen LogP contribution in [0, 0.1) is 10.1 Å². The van der Waals surface area contributed by atoms with E-state index in [2.05, 4.69) is 5.32 Å². The van der Waals surface area contributed by atoms with Crippen LogP contribution >= 0.6 is 11.6 Å². The lowest BCUT2D eigenvalue weighted by Crippen LogP contribution is -2.08. The molecule has 0 heterocycles. The number of benzene rings is 2. The molecule has 0 aliphatic carbocycles. The van der Waals surface area contributed by atoms with Gasteiger partial charge in [-0.15, -0.1) is 0 Å². The summed E-state index contributed by atoms with van der Waals surface area (Å²) in [5.41, 5.74) is 0.984. The third-order valence-corrected chi connectivity index (χ3v) is 3.20. The Morgan fingerprint density at radius 2 is 2.05 bits per heavy atom. The number of halogens is 1. The van der Waals surface area contributed by atoms with Gasteiger partial charge in [0.05, 0.1) is 16.7 Å². The molecule has 2 aromatic rings. The number of amides is 1. The summed E-state index contributed by atoms with van der Waals surface area (Å²) >= 11 is 6.04. The molecule has 0 aliphatic heterocycles. The number of hydrogen-bond donors (Lipinski definition) is 1. The number of nitro groups is 1. The quantitative estimate of drug-likeness (QED) is 0.671. The Morgan fingerprint density at radius 3 is 2.68 bits per heavy atom. The van der Waals surface area contributed by atoms with Crippen molar-refractivity contribution in [3.63, 3.8) is 0 Å². The fourth-order valence-electron chi connectivity index (χ4n) is 1.81. The molecule has 22 heavy (non-hydrogen) atoms. The molecule has 7 heteroatoms. The van der Waals surface area contributed by atoms with E-state index in [1.165, 1.54) is 25.1 Å². The van der Waals surface area contributed by atoms with Gasteiger partial charge in [-0.2, -0.15) is 0 Å². The molecule has 2 aromatic carbocycles. The van der Waals surface area contributed by atoms with Gasteiger partial charge in [0.2, 0.25) is 5.91 Å². The smallest absolute Gasteiger partial charge is 0.273 e. The SMILES string of the molecule is CC(=O)Nc1ccc([N+](=O)[O-])cc1OCc1ccccc1Cl. The summed E-state index contributed by atoms with van der Waals surface area (Å²) in [6.07, 6.45) is 0. The number of carbonyl (C=O) groups is 1. The number of nitrogens with one attached hydrogen (secondary N) is 1. The van der Waals surface area contributed by atoms with E-state index >= 15 is 0 Å². The fraction of sp³-hybridized carbons (Fsp3) is 0.133. The summed E-state index contributed by atoms with van der Waals surface area (Å²) in [7, 11) is 0. The summed E-state index contributed by atoms with van der Waals surface area (Å²) in [5.74, 6) is -0.0826. The lowest BCUT2D eigenvalue weighted by Gasteiger charge is -2.12. The van der Waals surface area contributed by atoms with Crippen molar-refractivity contribution >= 4 is 28.9 Å². The van der Waals surface area contributed by atoms with E-state index in [4.69, 9.17) is 16.3 Å². The van der Waals surface area contributed by atoms with Gasteiger partial charge in [0, 0.05) is 23.6 Å². The van der Waals surface area contributed by atoms with E-state index in [0.29, 0.717) is 10.7 Å². The average molecular weight is 321 g/mol. The molecule has 0 saturated carbocycles. The van der Waals surface area contributed by atoms with Gasteiger partial charge < -0.3 is 10.1 Å². The van der Waals surface area contributed by atoms with Gasteiger partial charge in [0.15, 0.2) is 0 Å². The summed E-state index contributed by atoms with van der Waals surface area (Å²) < 4.78 is 5.59. The third kappa shape index (κ3) is 3.95. The van der Waals surface area contributed by atoms with Crippen LogP contribution < -0.4 is 10.1 Å². The van der Waals surface area contributed by atoms with Crippen molar-refractivity contribution in [2.24, 2.45) is 0 Å². The summed E-state index contributed by atoms with van der Waals surface area (Å²) in [5, 5.41) is 14.0. The minimum atomic E-state index is -0.528. The molecule has 0 aromatic heterocycles. The zero-order valence-corrected chi connectivity index (χ0v) is 12.5. The van der Waals surface area contributed by atoms with E-state index in [1.54, 1.807) is 18.2 Å². The molecule has 6 nitrogen and oxygen atoms in total. The minimum absolute atomic E-state index is 0.122. The van der Waals surface area contributed by atoms with Crippen LogP contribution in [0.5, 0.6) is 5.75 Å². The van der Waals surface area contributed by atoms with E-state index in [1.807, 2.05) is 6.07 Å². The molecule has 0 fully saturated rings. The van der Waals surface area contributed by atoms with Gasteiger partial charge in [0.1, 0.15) is 12.4 Å². The highest BCUT2D eigenvalue weighted by atomic mass is 35.5. The molecular weight excluding hydrogens is 308 g/mol. The van der Waals surface area contributed by atoms with Crippen LogP contribution in [0.1, 0.15) is 12.5 Å². The molecule has 0 atom stereocenters. The van der Waals surface area contributed by atoms with E-state index in [-0.39, 0.29) is 24.0 Å². The van der Waals surface area contributed by atoms with Gasteiger partial charge in [-0.25, -0.2) is 0 Å². The van der Waals surface area contributed by atoms with E-state index < -0.39 is 4.92 Å². The Morgan fingerprint density at radius 1 is 1.32 bits per heavy atom. The molecule has 0 radical (unpaired) electrons. The van der Waals surface area contributed by atoms with Gasteiger partial charge in [-0.1, -0.05) is 29.8 Å². The number of hydrogen-bond acceptors (Lipinski definition) is 4. The van der Waals surface area contributed by atoms with Gasteiger partial charge >= 0.3 is 0 Å². The lowest BCUT2D eigenvalue weighted by atomic mass is 10.2. The molecule has 1 N–H and O–H groups in total. The van der Waals surface area contributed by atoms with Crippen molar-refractivity contribution in [1.82, 2.24) is 0 Å². The Labute approximate surface area is 131 Å². The van der Waals surface area contributed by atoms with Crippen molar-refractivity contribution in [2.45, 2.75) is 13.5 Å². The molecule has 0 aliphatic rings. The fourth-order valence-corrected chi connectivity index (χ4v) is 2.00. The number of rotatable bonds is 5. The molecule has 0 spiro atoms. The van der Waals surface area contributed by atoms with Crippen LogP contribution in [0.2, 0.25) is 5.02 Å². The summed E-state index contributed by atoms with van der Waals surface area (Å²) in [6.45, 7) is 1.48. The zero-order valence-electron chi connectivity index (χ0n) is 11.7. The largest absolute Gasteiger partial charge is 0.486 e. The van der Waals surface area contributed by atoms with Crippen molar-refractivity contribution in [2.75, 3.05) is 5.32 Å². The lowest BCUT2D eigenvalue weighted by molar-refractivity contribution is -0.384. The molecule has 1 amide bonds. The first-order valence-electron chi connectivity index (χ1n) is 6.39. The minimum Gasteiger partial charge on any atom is -0.486 e. The maximum Gasteiger partial charge on any atom is 0.273 e. The molecular formula is C15H13ClN2O4. The second-order valence-corrected chi connectivity index (χ2v) is 4.91. The molecule has 114 valence electrons. The Balaban J connectivity index is 2.26. The van der Waals surface area contributed by atoms with Crippen LogP contribution in [0.15, 0.2) is 42.5 Å². The van der Waals surface area contributed by atoms with Crippen LogP contribution in [0.25, 0.3) is 0 Å². The third-order valence-electron chi connectivity index (χ3n) is 2.83. The predicted octanol–water partition coefficient (Wildman–Crippen LogP) is 3.79. The van der Waals surface area contributed by atoms with Gasteiger partial charge in [-0.3, -0.25) is 14.9 Å². The summed E-state index contributed by atoms with van der Waals surface area (Å²) in [6, 6.07) is 11.1. The number of anilines is 1.